The Balaban J connectivity index is 0.00000128. The van der Waals surface area contributed by atoms with Crippen molar-refractivity contribution >= 4 is 11.5 Å². The minimum Gasteiger partial charge on any atom is -0.393 e. The molecule has 1 radical (unpaired) electrons. The summed E-state index contributed by atoms with van der Waals surface area (Å²) in [4.78, 5) is 4.43. The zero-order valence-corrected chi connectivity index (χ0v) is 12.3. The van der Waals surface area contributed by atoms with Gasteiger partial charge in [0.25, 0.3) is 0 Å². The summed E-state index contributed by atoms with van der Waals surface area (Å²) in [7, 11) is 0. The molecule has 0 saturated carbocycles. The van der Waals surface area contributed by atoms with Crippen LogP contribution in [-0.4, -0.2) is 4.98 Å². The fourth-order valence-electron chi connectivity index (χ4n) is 1.31. The standard InChI is InChI=1S/C13H13N2.Y/c1-10-8-9-13(14-11(10)2)15-12-6-4-3-5-7-12;/h3-7,9H,1-2H3,(H,14,15);/q-1;. The number of benzene rings is 1. The van der Waals surface area contributed by atoms with Gasteiger partial charge in [0.05, 0.1) is 0 Å². The van der Waals surface area contributed by atoms with E-state index in [0.717, 1.165) is 22.8 Å². The fourth-order valence-corrected chi connectivity index (χ4v) is 1.31. The molecule has 1 aromatic carbocycles. The van der Waals surface area contributed by atoms with Crippen LogP contribution in [0.4, 0.5) is 11.5 Å². The van der Waals surface area contributed by atoms with Crippen LogP contribution in [0.25, 0.3) is 0 Å². The Bertz CT molecular complexity index is 455. The van der Waals surface area contributed by atoms with Crippen LogP contribution in [0.15, 0.2) is 36.4 Å². The second-order valence-corrected chi connectivity index (χ2v) is 3.49. The number of para-hydroxylation sites is 1. The van der Waals surface area contributed by atoms with Crippen molar-refractivity contribution in [3.05, 3.63) is 53.7 Å². The predicted molar refractivity (Wildman–Crippen MR) is 62.3 cm³/mol. The van der Waals surface area contributed by atoms with Gasteiger partial charge in [-0.25, -0.2) is 0 Å². The van der Waals surface area contributed by atoms with E-state index in [2.05, 4.69) is 16.4 Å². The normalized spacial score (nSPS) is 9.38. The van der Waals surface area contributed by atoms with E-state index in [9.17, 15) is 0 Å². The van der Waals surface area contributed by atoms with Crippen molar-refractivity contribution in [1.82, 2.24) is 4.98 Å². The van der Waals surface area contributed by atoms with Gasteiger partial charge in [-0.3, -0.25) is 0 Å². The summed E-state index contributed by atoms with van der Waals surface area (Å²) in [6.07, 6.45) is 0. The third-order valence-electron chi connectivity index (χ3n) is 2.30. The minimum absolute atomic E-state index is 0. The first-order valence-electron chi connectivity index (χ1n) is 4.94. The molecule has 0 spiro atoms. The molecule has 0 aliphatic carbocycles. The average Bonchev–Trinajstić information content (AvgIpc) is 2.25. The number of rotatable bonds is 2. The molecule has 0 aliphatic heterocycles. The van der Waals surface area contributed by atoms with Crippen LogP contribution in [0.3, 0.4) is 0 Å². The topological polar surface area (TPSA) is 24.9 Å². The van der Waals surface area contributed by atoms with Gasteiger partial charge >= 0.3 is 0 Å². The predicted octanol–water partition coefficient (Wildman–Crippen LogP) is 3.24. The second-order valence-electron chi connectivity index (χ2n) is 3.49. The van der Waals surface area contributed by atoms with E-state index in [1.807, 2.05) is 50.2 Å². The summed E-state index contributed by atoms with van der Waals surface area (Å²) in [6.45, 7) is 4.00. The Labute approximate surface area is 121 Å². The smallest absolute Gasteiger partial charge is 0.0285 e. The van der Waals surface area contributed by atoms with Crippen LogP contribution in [0.5, 0.6) is 0 Å². The molecule has 1 heterocycles. The van der Waals surface area contributed by atoms with Gasteiger partial charge in [0.1, 0.15) is 0 Å². The second kappa shape index (κ2) is 6.12. The van der Waals surface area contributed by atoms with Gasteiger partial charge in [-0.15, -0.1) is 11.6 Å². The Kier molecular flexibility index (Phi) is 5.10. The molecule has 0 aliphatic rings. The van der Waals surface area contributed by atoms with Gasteiger partial charge in [0.2, 0.25) is 0 Å². The van der Waals surface area contributed by atoms with Crippen molar-refractivity contribution in [1.29, 1.82) is 0 Å². The van der Waals surface area contributed by atoms with E-state index < -0.39 is 0 Å². The quantitative estimate of drug-likeness (QED) is 0.857. The van der Waals surface area contributed by atoms with Crippen molar-refractivity contribution in [2.24, 2.45) is 0 Å². The SMILES string of the molecule is Cc1[c-]cc(Nc2ccccc2)nc1C.[Y]. The van der Waals surface area contributed by atoms with Gasteiger partial charge in [-0.05, 0) is 12.1 Å². The molecular formula is C13H13N2Y-. The van der Waals surface area contributed by atoms with E-state index in [1.165, 1.54) is 0 Å². The molecule has 0 bridgehead atoms. The Hall–Kier alpha value is -0.726. The number of hydrogen-bond donors (Lipinski definition) is 1. The molecular weight excluding hydrogens is 273 g/mol. The number of nitrogens with zero attached hydrogens (tertiary/aromatic N) is 1. The molecule has 1 aromatic heterocycles. The molecule has 0 amide bonds. The number of aromatic nitrogens is 1. The number of anilines is 2. The maximum absolute atomic E-state index is 4.43. The van der Waals surface area contributed by atoms with Crippen molar-refractivity contribution in [3.63, 3.8) is 0 Å². The van der Waals surface area contributed by atoms with Crippen LogP contribution in [0, 0.1) is 19.9 Å². The summed E-state index contributed by atoms with van der Waals surface area (Å²) in [5.41, 5.74) is 3.14. The molecule has 0 unspecified atom stereocenters. The first-order chi connectivity index (χ1) is 7.25. The summed E-state index contributed by atoms with van der Waals surface area (Å²) in [5.74, 6) is 0.837. The molecule has 0 fully saturated rings. The van der Waals surface area contributed by atoms with Gasteiger partial charge in [-0.1, -0.05) is 37.7 Å². The Morgan fingerprint density at radius 1 is 1.12 bits per heavy atom. The van der Waals surface area contributed by atoms with Crippen molar-refractivity contribution in [3.8, 4) is 0 Å². The Morgan fingerprint density at radius 2 is 1.81 bits per heavy atom. The third-order valence-corrected chi connectivity index (χ3v) is 2.30. The van der Waals surface area contributed by atoms with Crippen molar-refractivity contribution < 1.29 is 32.7 Å². The van der Waals surface area contributed by atoms with E-state index in [4.69, 9.17) is 0 Å². The maximum atomic E-state index is 4.43. The van der Waals surface area contributed by atoms with E-state index >= 15 is 0 Å². The monoisotopic (exact) mass is 286 g/mol. The number of pyridine rings is 1. The molecule has 0 saturated heterocycles. The molecule has 1 N–H and O–H groups in total. The summed E-state index contributed by atoms with van der Waals surface area (Å²) < 4.78 is 0. The van der Waals surface area contributed by atoms with Gasteiger partial charge in [0.15, 0.2) is 0 Å². The summed E-state index contributed by atoms with van der Waals surface area (Å²) in [6, 6.07) is 15.0. The molecule has 3 heteroatoms. The van der Waals surface area contributed by atoms with Crippen molar-refractivity contribution in [2.45, 2.75) is 13.8 Å². The first kappa shape index (κ1) is 13.3. The Morgan fingerprint density at radius 3 is 2.44 bits per heavy atom. The van der Waals surface area contributed by atoms with E-state index in [1.54, 1.807) is 0 Å². The molecule has 2 nitrogen and oxygen atoms in total. The summed E-state index contributed by atoms with van der Waals surface area (Å²) in [5, 5.41) is 3.23. The summed E-state index contributed by atoms with van der Waals surface area (Å²) >= 11 is 0. The van der Waals surface area contributed by atoms with Crippen LogP contribution < -0.4 is 5.32 Å². The van der Waals surface area contributed by atoms with Crippen molar-refractivity contribution in [2.75, 3.05) is 5.32 Å². The van der Waals surface area contributed by atoms with E-state index in [-0.39, 0.29) is 32.7 Å². The molecule has 0 atom stereocenters. The minimum atomic E-state index is 0. The van der Waals surface area contributed by atoms with E-state index in [0.29, 0.717) is 0 Å². The first-order valence-corrected chi connectivity index (χ1v) is 4.94. The molecule has 16 heavy (non-hydrogen) atoms. The zero-order valence-electron chi connectivity index (χ0n) is 9.49. The molecule has 2 aromatic rings. The number of nitrogens with one attached hydrogen (secondary N) is 1. The third kappa shape index (κ3) is 3.39. The number of aryl methyl sites for hydroxylation is 2. The van der Waals surface area contributed by atoms with Gasteiger partial charge < -0.3 is 10.3 Å². The van der Waals surface area contributed by atoms with Crippen LogP contribution in [0.1, 0.15) is 11.3 Å². The van der Waals surface area contributed by atoms with Crippen LogP contribution in [0.2, 0.25) is 0 Å². The largest absolute Gasteiger partial charge is 0.393 e. The van der Waals surface area contributed by atoms with Gasteiger partial charge in [0, 0.05) is 44.2 Å². The van der Waals surface area contributed by atoms with Gasteiger partial charge in [-0.2, -0.15) is 6.07 Å². The number of hydrogen-bond acceptors (Lipinski definition) is 2. The zero-order chi connectivity index (χ0) is 10.7. The van der Waals surface area contributed by atoms with Crippen LogP contribution >= 0.6 is 0 Å². The average molecular weight is 286 g/mol. The molecule has 2 rings (SSSR count). The maximum Gasteiger partial charge on any atom is 0.0285 e. The van der Waals surface area contributed by atoms with Crippen LogP contribution in [-0.2, 0) is 32.7 Å². The molecule has 79 valence electrons. The fraction of sp³-hybridized carbons (Fsp3) is 0.154.